The van der Waals surface area contributed by atoms with Crippen molar-refractivity contribution in [3.63, 3.8) is 0 Å². The van der Waals surface area contributed by atoms with Crippen LogP contribution in [0.25, 0.3) is 11.3 Å². The van der Waals surface area contributed by atoms with Crippen LogP contribution in [0.3, 0.4) is 0 Å². The normalized spacial score (nSPS) is 18.0. The van der Waals surface area contributed by atoms with Gasteiger partial charge in [-0.05, 0) is 32.1 Å². The van der Waals surface area contributed by atoms with E-state index in [9.17, 15) is 4.79 Å². The van der Waals surface area contributed by atoms with Crippen LogP contribution in [0.4, 0.5) is 0 Å². The first-order valence-corrected chi connectivity index (χ1v) is 12.3. The molecular formula is C25H29N5OS. The molecule has 1 amide bonds. The number of nitrogens with one attached hydrogen (secondary N) is 1. The van der Waals surface area contributed by atoms with Crippen LogP contribution in [-0.2, 0) is 25.9 Å². The molecule has 1 aromatic carbocycles. The second-order valence-electron chi connectivity index (χ2n) is 8.56. The molecule has 0 bridgehead atoms. The number of benzene rings is 1. The van der Waals surface area contributed by atoms with E-state index in [1.165, 1.54) is 5.69 Å². The van der Waals surface area contributed by atoms with Crippen LogP contribution in [0.15, 0.2) is 48.4 Å². The van der Waals surface area contributed by atoms with E-state index < -0.39 is 0 Å². The minimum absolute atomic E-state index is 0.0923. The molecule has 7 heteroatoms. The zero-order valence-electron chi connectivity index (χ0n) is 18.3. The van der Waals surface area contributed by atoms with Gasteiger partial charge in [-0.2, -0.15) is 5.10 Å². The van der Waals surface area contributed by atoms with E-state index in [1.807, 2.05) is 33.9 Å². The van der Waals surface area contributed by atoms with Crippen LogP contribution in [0.5, 0.6) is 0 Å². The first kappa shape index (κ1) is 21.1. The Labute approximate surface area is 193 Å². The fraction of sp³-hybridized carbons (Fsp3) is 0.400. The average molecular weight is 448 g/mol. The average Bonchev–Trinajstić information content (AvgIpc) is 3.58. The van der Waals surface area contributed by atoms with Gasteiger partial charge in [0.15, 0.2) is 5.69 Å². The summed E-state index contributed by atoms with van der Waals surface area (Å²) in [5.74, 6) is 0.0923. The Morgan fingerprint density at radius 2 is 2.06 bits per heavy atom. The molecule has 0 radical (unpaired) electrons. The lowest BCUT2D eigenvalue weighted by Gasteiger charge is -2.24. The highest BCUT2D eigenvalue weighted by molar-refractivity contribution is 7.09. The molecule has 1 N–H and O–H groups in total. The van der Waals surface area contributed by atoms with Gasteiger partial charge in [0.2, 0.25) is 0 Å². The summed E-state index contributed by atoms with van der Waals surface area (Å²) < 4.78 is 1.98. The SMILES string of the molecule is C=CCn1nc(C(=O)N2CCCC2)c2c1CCC(NCc1nc(-c3ccccc3)cs1)C2. The Hall–Kier alpha value is -2.77. The summed E-state index contributed by atoms with van der Waals surface area (Å²) >= 11 is 1.69. The van der Waals surface area contributed by atoms with Crippen molar-refractivity contribution < 1.29 is 4.79 Å². The molecule has 32 heavy (non-hydrogen) atoms. The lowest BCUT2D eigenvalue weighted by Crippen LogP contribution is -2.35. The van der Waals surface area contributed by atoms with E-state index in [2.05, 4.69) is 29.4 Å². The molecule has 6 nitrogen and oxygen atoms in total. The zero-order valence-corrected chi connectivity index (χ0v) is 19.1. The van der Waals surface area contributed by atoms with Crippen LogP contribution >= 0.6 is 11.3 Å². The molecule has 1 fully saturated rings. The van der Waals surface area contributed by atoms with Crippen LogP contribution < -0.4 is 5.32 Å². The van der Waals surface area contributed by atoms with Crippen LogP contribution in [0.1, 0.15) is 46.0 Å². The highest BCUT2D eigenvalue weighted by Gasteiger charge is 2.31. The number of thiazole rings is 1. The van der Waals surface area contributed by atoms with Crippen molar-refractivity contribution in [3.05, 3.63) is 70.3 Å². The first-order valence-electron chi connectivity index (χ1n) is 11.4. The van der Waals surface area contributed by atoms with Gasteiger partial charge in [-0.3, -0.25) is 9.48 Å². The number of amides is 1. The number of carbonyl (C=O) groups excluding carboxylic acids is 1. The quantitative estimate of drug-likeness (QED) is 0.555. The van der Waals surface area contributed by atoms with Gasteiger partial charge in [0.1, 0.15) is 5.01 Å². The van der Waals surface area contributed by atoms with Gasteiger partial charge in [-0.1, -0.05) is 36.4 Å². The van der Waals surface area contributed by atoms with E-state index in [-0.39, 0.29) is 5.91 Å². The molecule has 0 saturated carbocycles. The molecule has 2 aromatic heterocycles. The summed E-state index contributed by atoms with van der Waals surface area (Å²) in [6.45, 7) is 6.94. The Kier molecular flexibility index (Phi) is 6.19. The standard InChI is InChI=1S/C25H29N5OS/c1-2-12-30-22-11-10-19(15-20(22)24(28-30)25(31)29-13-6-7-14-29)26-16-23-27-21(17-32-23)18-8-4-3-5-9-18/h2-5,8-9,17,19,26H,1,6-7,10-16H2. The smallest absolute Gasteiger partial charge is 0.274 e. The number of aromatic nitrogens is 3. The van der Waals surface area contributed by atoms with Crippen LogP contribution in [0, 0.1) is 0 Å². The highest BCUT2D eigenvalue weighted by Crippen LogP contribution is 2.28. The van der Waals surface area contributed by atoms with Gasteiger partial charge in [0.05, 0.1) is 12.2 Å². The number of hydrogen-bond acceptors (Lipinski definition) is 5. The Bertz CT molecular complexity index is 1100. The fourth-order valence-electron chi connectivity index (χ4n) is 4.74. The number of likely N-dealkylation sites (tertiary alicyclic amines) is 1. The van der Waals surface area contributed by atoms with Crippen molar-refractivity contribution in [2.75, 3.05) is 13.1 Å². The minimum Gasteiger partial charge on any atom is -0.337 e. The fourth-order valence-corrected chi connectivity index (χ4v) is 5.50. The van der Waals surface area contributed by atoms with E-state index >= 15 is 0 Å². The lowest BCUT2D eigenvalue weighted by molar-refractivity contribution is 0.0785. The second-order valence-corrected chi connectivity index (χ2v) is 9.50. The Balaban J connectivity index is 1.29. The molecule has 3 heterocycles. The molecule has 1 atom stereocenters. The van der Waals surface area contributed by atoms with E-state index in [0.29, 0.717) is 18.3 Å². The van der Waals surface area contributed by atoms with Crippen LogP contribution in [0.2, 0.25) is 0 Å². The molecule has 1 aliphatic carbocycles. The predicted molar refractivity (Wildman–Crippen MR) is 128 cm³/mol. The molecule has 1 aliphatic heterocycles. The summed E-state index contributed by atoms with van der Waals surface area (Å²) in [4.78, 5) is 19.9. The second kappa shape index (κ2) is 9.38. The molecule has 3 aromatic rings. The van der Waals surface area contributed by atoms with Crippen LogP contribution in [-0.4, -0.2) is 44.7 Å². The van der Waals surface area contributed by atoms with Gasteiger partial charge >= 0.3 is 0 Å². The lowest BCUT2D eigenvalue weighted by atomic mass is 9.91. The zero-order chi connectivity index (χ0) is 21.9. The van der Waals surface area contributed by atoms with Gasteiger partial charge in [0.25, 0.3) is 5.91 Å². The molecular weight excluding hydrogens is 418 g/mol. The third-order valence-electron chi connectivity index (χ3n) is 6.41. The third-order valence-corrected chi connectivity index (χ3v) is 7.26. The van der Waals surface area contributed by atoms with Gasteiger partial charge in [-0.15, -0.1) is 17.9 Å². The molecule has 1 unspecified atom stereocenters. The molecule has 166 valence electrons. The Morgan fingerprint density at radius 3 is 2.84 bits per heavy atom. The highest BCUT2D eigenvalue weighted by atomic mass is 32.1. The van der Waals surface area contributed by atoms with E-state index in [0.717, 1.165) is 73.6 Å². The number of rotatable bonds is 7. The van der Waals surface area contributed by atoms with Crippen molar-refractivity contribution in [1.82, 2.24) is 25.0 Å². The summed E-state index contributed by atoms with van der Waals surface area (Å²) in [6, 6.07) is 10.6. The maximum atomic E-state index is 13.2. The number of fused-ring (bicyclic) bond motifs is 1. The summed E-state index contributed by atoms with van der Waals surface area (Å²) in [5, 5.41) is 11.6. The van der Waals surface area contributed by atoms with E-state index in [1.54, 1.807) is 11.3 Å². The molecule has 2 aliphatic rings. The summed E-state index contributed by atoms with van der Waals surface area (Å²) in [7, 11) is 0. The number of nitrogens with zero attached hydrogens (tertiary/aromatic N) is 4. The van der Waals surface area contributed by atoms with Crippen molar-refractivity contribution in [1.29, 1.82) is 0 Å². The van der Waals surface area contributed by atoms with E-state index in [4.69, 9.17) is 10.1 Å². The minimum atomic E-state index is 0.0923. The van der Waals surface area contributed by atoms with Gasteiger partial charge in [-0.25, -0.2) is 4.98 Å². The van der Waals surface area contributed by atoms with Crippen molar-refractivity contribution >= 4 is 17.2 Å². The number of allylic oxidation sites excluding steroid dienone is 1. The van der Waals surface area contributed by atoms with Crippen molar-refractivity contribution in [2.24, 2.45) is 0 Å². The maximum absolute atomic E-state index is 13.2. The van der Waals surface area contributed by atoms with Crippen molar-refractivity contribution in [2.45, 2.75) is 51.2 Å². The first-order chi connectivity index (χ1) is 15.7. The van der Waals surface area contributed by atoms with Gasteiger partial charge < -0.3 is 10.2 Å². The molecule has 0 spiro atoms. The topological polar surface area (TPSA) is 63.1 Å². The largest absolute Gasteiger partial charge is 0.337 e. The molecule has 1 saturated heterocycles. The Morgan fingerprint density at radius 1 is 1.25 bits per heavy atom. The number of hydrogen-bond donors (Lipinski definition) is 1. The van der Waals surface area contributed by atoms with Gasteiger partial charge in [0, 0.05) is 47.9 Å². The van der Waals surface area contributed by atoms with Crippen molar-refractivity contribution in [3.8, 4) is 11.3 Å². The monoisotopic (exact) mass is 447 g/mol. The summed E-state index contributed by atoms with van der Waals surface area (Å²) in [6.07, 6.45) is 6.82. The molecule has 5 rings (SSSR count). The predicted octanol–water partition coefficient (Wildman–Crippen LogP) is 4.08. The third kappa shape index (κ3) is 4.27. The number of carbonyl (C=O) groups is 1. The summed E-state index contributed by atoms with van der Waals surface area (Å²) in [5.41, 5.74) is 5.15. The maximum Gasteiger partial charge on any atom is 0.274 e.